The van der Waals surface area contributed by atoms with Crippen LogP contribution in [0.1, 0.15) is 0 Å². The third-order valence-electron chi connectivity index (χ3n) is 2.72. The smallest absolute Gasteiger partial charge is 0.332 e. The summed E-state index contributed by atoms with van der Waals surface area (Å²) in [6.45, 7) is 0. The van der Waals surface area contributed by atoms with Crippen LogP contribution in [0, 0.1) is 0 Å². The summed E-state index contributed by atoms with van der Waals surface area (Å²) in [7, 11) is -8.18. The SMILES string of the molecule is CN(C(F)(C(O)(F)F)C(F)(F)C(F)(F)C(F)(F)C(F)(F)F)S(=O)(=O)F. The van der Waals surface area contributed by atoms with Gasteiger partial charge in [0.05, 0.1) is 0 Å². The van der Waals surface area contributed by atoms with E-state index in [0.717, 1.165) is 0 Å². The van der Waals surface area contributed by atoms with Crippen LogP contribution in [0.3, 0.4) is 0 Å². The van der Waals surface area contributed by atoms with Gasteiger partial charge in [-0.15, -0.1) is 4.31 Å². The lowest BCUT2D eigenvalue weighted by molar-refractivity contribution is -0.452. The van der Waals surface area contributed by atoms with Crippen molar-refractivity contribution in [1.29, 1.82) is 0 Å². The molecule has 0 bridgehead atoms. The van der Waals surface area contributed by atoms with E-state index >= 15 is 0 Å². The first-order valence-electron chi connectivity index (χ1n) is 5.08. The number of hydrogen-bond donors (Lipinski definition) is 1. The zero-order chi connectivity index (χ0) is 21.1. The first-order chi connectivity index (χ1) is 10.4. The lowest BCUT2D eigenvalue weighted by Gasteiger charge is -2.44. The molecule has 1 atom stereocenters. The Morgan fingerprint density at radius 3 is 1.24 bits per heavy atom. The number of rotatable bonds is 6. The number of nitrogens with zero attached hydrogens (tertiary/aromatic N) is 1. The van der Waals surface area contributed by atoms with Crippen LogP contribution in [0.2, 0.25) is 0 Å². The van der Waals surface area contributed by atoms with E-state index in [0.29, 0.717) is 0 Å². The van der Waals surface area contributed by atoms with Gasteiger partial charge in [-0.3, -0.25) is 0 Å². The van der Waals surface area contributed by atoms with E-state index in [9.17, 15) is 65.0 Å². The van der Waals surface area contributed by atoms with Crippen LogP contribution < -0.4 is 0 Å². The summed E-state index contributed by atoms with van der Waals surface area (Å²) < 4.78 is 183. The third kappa shape index (κ3) is 3.22. The Morgan fingerprint density at radius 2 is 1.04 bits per heavy atom. The fourth-order valence-electron chi connectivity index (χ4n) is 1.31. The molecule has 0 aliphatic heterocycles. The molecule has 0 aromatic rings. The van der Waals surface area contributed by atoms with E-state index in [2.05, 4.69) is 0 Å². The molecule has 152 valence electrons. The number of hydrogen-bond acceptors (Lipinski definition) is 3. The molecular weight excluding hydrogens is 425 g/mol. The highest BCUT2D eigenvalue weighted by Gasteiger charge is 2.91. The van der Waals surface area contributed by atoms with Gasteiger partial charge in [-0.05, 0) is 0 Å². The fraction of sp³-hybridized carbons (Fsp3) is 1.00. The molecule has 18 heteroatoms. The van der Waals surface area contributed by atoms with Crippen LogP contribution in [0.25, 0.3) is 0 Å². The van der Waals surface area contributed by atoms with Gasteiger partial charge in [-0.1, -0.05) is 3.89 Å². The van der Waals surface area contributed by atoms with Gasteiger partial charge in [0.1, 0.15) is 0 Å². The largest absolute Gasteiger partial charge is 0.460 e. The molecule has 0 radical (unpaired) electrons. The zero-order valence-corrected chi connectivity index (χ0v) is 11.8. The summed E-state index contributed by atoms with van der Waals surface area (Å²) >= 11 is 0. The standard InChI is InChI=1S/C7H4F13NO3S/c1-21(25(20,23)24)5(14,7(18,19)22)3(10,11)2(8,9)4(12,13)6(15,16)17/h22H,1H3. The Balaban J connectivity index is 6.87. The highest BCUT2D eigenvalue weighted by Crippen LogP contribution is 2.60. The van der Waals surface area contributed by atoms with Gasteiger partial charge in [0.25, 0.3) is 0 Å². The average molecular weight is 429 g/mol. The number of halogens is 13. The number of likely N-dealkylation sites (N-methyl/N-ethyl adjacent to an activating group) is 1. The molecule has 0 aromatic carbocycles. The van der Waals surface area contributed by atoms with Gasteiger partial charge >= 0.3 is 46.3 Å². The van der Waals surface area contributed by atoms with Crippen LogP contribution in [-0.4, -0.2) is 60.7 Å². The number of aliphatic hydroxyl groups is 1. The number of alkyl halides is 12. The quantitative estimate of drug-likeness (QED) is 0.402. The Hall–Kier alpha value is -1.04. The fourth-order valence-corrected chi connectivity index (χ4v) is 1.83. The molecule has 4 nitrogen and oxygen atoms in total. The van der Waals surface area contributed by atoms with Gasteiger partial charge in [-0.25, -0.2) is 4.39 Å². The molecule has 1 unspecified atom stereocenters. The van der Waals surface area contributed by atoms with Crippen LogP contribution >= 0.6 is 0 Å². The topological polar surface area (TPSA) is 57.6 Å². The third-order valence-corrected chi connectivity index (χ3v) is 3.63. The summed E-state index contributed by atoms with van der Waals surface area (Å²) in [5.74, 6) is -31.3. The second kappa shape index (κ2) is 5.73. The maximum absolute atomic E-state index is 13.8. The van der Waals surface area contributed by atoms with Crippen molar-refractivity contribution in [3.8, 4) is 0 Å². The highest BCUT2D eigenvalue weighted by molar-refractivity contribution is 7.84. The monoisotopic (exact) mass is 429 g/mol. The minimum Gasteiger partial charge on any atom is -0.332 e. The van der Waals surface area contributed by atoms with Crippen molar-refractivity contribution in [2.24, 2.45) is 0 Å². The van der Waals surface area contributed by atoms with Crippen LogP contribution in [0.15, 0.2) is 0 Å². The maximum Gasteiger partial charge on any atom is 0.460 e. The Morgan fingerprint density at radius 1 is 0.720 bits per heavy atom. The van der Waals surface area contributed by atoms with Crippen molar-refractivity contribution >= 4 is 10.4 Å². The average Bonchev–Trinajstić information content (AvgIpc) is 2.32. The molecule has 25 heavy (non-hydrogen) atoms. The van der Waals surface area contributed by atoms with E-state index < -0.39 is 57.6 Å². The van der Waals surface area contributed by atoms with E-state index in [1.807, 2.05) is 0 Å². The predicted octanol–water partition coefficient (Wildman–Crippen LogP) is 2.85. The zero-order valence-electron chi connectivity index (χ0n) is 11.0. The summed E-state index contributed by atoms with van der Waals surface area (Å²) in [6.07, 6.45) is -14.6. The lowest BCUT2D eigenvalue weighted by Crippen LogP contribution is -2.76. The van der Waals surface area contributed by atoms with Crippen molar-refractivity contribution in [2.75, 3.05) is 7.05 Å². The molecule has 1 N–H and O–H groups in total. The molecule has 0 amide bonds. The Labute approximate surface area is 129 Å². The summed E-state index contributed by atoms with van der Waals surface area (Å²) in [6, 6.07) is 0. The normalized spacial score (nSPS) is 18.4. The van der Waals surface area contributed by atoms with Crippen molar-refractivity contribution in [2.45, 2.75) is 35.8 Å². The van der Waals surface area contributed by atoms with Crippen molar-refractivity contribution in [3.63, 3.8) is 0 Å². The summed E-state index contributed by atoms with van der Waals surface area (Å²) in [4.78, 5) is 0. The molecule has 0 aliphatic carbocycles. The molecule has 0 aromatic heterocycles. The first kappa shape index (κ1) is 24.0. The van der Waals surface area contributed by atoms with E-state index in [4.69, 9.17) is 5.11 Å². The first-order valence-corrected chi connectivity index (χ1v) is 6.42. The minimum atomic E-state index is -8.11. The summed E-state index contributed by atoms with van der Waals surface area (Å²) in [5, 5.41) is 7.92. The van der Waals surface area contributed by atoms with Gasteiger partial charge in [-0.2, -0.15) is 56.7 Å². The van der Waals surface area contributed by atoms with E-state index in [1.54, 1.807) is 0 Å². The minimum absolute atomic E-state index is 0.991. The summed E-state index contributed by atoms with van der Waals surface area (Å²) in [5.41, 5.74) is 0. The van der Waals surface area contributed by atoms with Crippen molar-refractivity contribution in [3.05, 3.63) is 0 Å². The van der Waals surface area contributed by atoms with Crippen molar-refractivity contribution < 1.29 is 70.1 Å². The molecule has 0 heterocycles. The van der Waals surface area contributed by atoms with Gasteiger partial charge in [0.15, 0.2) is 0 Å². The highest BCUT2D eigenvalue weighted by atomic mass is 32.3. The molecule has 0 aliphatic rings. The predicted molar refractivity (Wildman–Crippen MR) is 49.7 cm³/mol. The van der Waals surface area contributed by atoms with Crippen LogP contribution in [-0.2, 0) is 10.4 Å². The molecule has 0 fully saturated rings. The van der Waals surface area contributed by atoms with E-state index in [-0.39, 0.29) is 0 Å². The van der Waals surface area contributed by atoms with Gasteiger partial charge < -0.3 is 5.11 Å². The second-order valence-electron chi connectivity index (χ2n) is 4.29. The lowest BCUT2D eigenvalue weighted by atomic mass is 9.94. The maximum atomic E-state index is 13.8. The molecule has 0 saturated heterocycles. The molecule has 0 spiro atoms. The Bertz CT molecular complexity index is 608. The van der Waals surface area contributed by atoms with E-state index in [1.165, 1.54) is 0 Å². The Kier molecular flexibility index (Phi) is 5.49. The molecule has 0 saturated carbocycles. The van der Waals surface area contributed by atoms with Crippen molar-refractivity contribution in [1.82, 2.24) is 4.31 Å². The van der Waals surface area contributed by atoms with Crippen LogP contribution in [0.4, 0.5) is 56.6 Å². The van der Waals surface area contributed by atoms with Gasteiger partial charge in [0, 0.05) is 7.05 Å². The van der Waals surface area contributed by atoms with Gasteiger partial charge in [0.2, 0.25) is 0 Å². The van der Waals surface area contributed by atoms with Crippen LogP contribution in [0.5, 0.6) is 0 Å². The molecule has 0 rings (SSSR count). The second-order valence-corrected chi connectivity index (χ2v) is 5.67. The molecular formula is C7H4F13NO3S.